The summed E-state index contributed by atoms with van der Waals surface area (Å²) in [6.45, 7) is 5.58. The van der Waals surface area contributed by atoms with Crippen molar-refractivity contribution < 1.29 is 24.2 Å². The highest BCUT2D eigenvalue weighted by Crippen LogP contribution is 2.37. The summed E-state index contributed by atoms with van der Waals surface area (Å²) in [7, 11) is 0. The van der Waals surface area contributed by atoms with E-state index in [0.29, 0.717) is 24.1 Å². The fourth-order valence-corrected chi connectivity index (χ4v) is 2.55. The molecule has 2 heterocycles. The van der Waals surface area contributed by atoms with Crippen LogP contribution in [0.4, 0.5) is 5.13 Å². The van der Waals surface area contributed by atoms with Gasteiger partial charge in [0.2, 0.25) is 5.91 Å². The van der Waals surface area contributed by atoms with Crippen LogP contribution < -0.4 is 14.8 Å². The topological polar surface area (TPSA) is 97.8 Å². The zero-order valence-electron chi connectivity index (χ0n) is 11.8. The standard InChI is InChI=1S/C12H10N2O3S.C2H4O2/c1-2-11(15)14-12-13-7-5-8-9(6-10(7)18-12)17-4-3-16-8;1-2(3)4/h2,5-6H,1,3-4H2,(H,13,14,15);1H3,(H,3,4). The quantitative estimate of drug-likeness (QED) is 0.823. The fraction of sp³-hybridized carbons (Fsp3) is 0.214. The van der Waals surface area contributed by atoms with Crippen LogP contribution in [0.25, 0.3) is 10.2 Å². The van der Waals surface area contributed by atoms with Gasteiger partial charge in [-0.1, -0.05) is 17.9 Å². The zero-order valence-corrected chi connectivity index (χ0v) is 12.6. The van der Waals surface area contributed by atoms with Crippen LogP contribution in [0, 0.1) is 0 Å². The molecule has 1 amide bonds. The number of aromatic nitrogens is 1. The number of carbonyl (C=O) groups is 2. The SMILES string of the molecule is C=CC(=O)Nc1nc2cc3c(cc2s1)OCCO3.CC(=O)O. The van der Waals surface area contributed by atoms with E-state index >= 15 is 0 Å². The molecule has 0 unspecified atom stereocenters. The smallest absolute Gasteiger partial charge is 0.300 e. The van der Waals surface area contributed by atoms with E-state index in [1.165, 1.54) is 17.4 Å². The largest absolute Gasteiger partial charge is 0.486 e. The molecule has 1 aliphatic rings. The molecule has 0 radical (unpaired) electrons. The molecule has 8 heteroatoms. The van der Waals surface area contributed by atoms with Gasteiger partial charge in [0.1, 0.15) is 13.2 Å². The summed E-state index contributed by atoms with van der Waals surface area (Å²) in [6, 6.07) is 3.70. The minimum atomic E-state index is -0.833. The molecule has 1 aromatic heterocycles. The average Bonchev–Trinajstić information content (AvgIpc) is 2.84. The summed E-state index contributed by atoms with van der Waals surface area (Å²) < 4.78 is 11.9. The minimum Gasteiger partial charge on any atom is -0.486 e. The third-order valence-corrected chi connectivity index (χ3v) is 3.40. The van der Waals surface area contributed by atoms with E-state index in [2.05, 4.69) is 16.9 Å². The number of anilines is 1. The first-order valence-corrected chi connectivity index (χ1v) is 7.14. The van der Waals surface area contributed by atoms with E-state index in [9.17, 15) is 4.79 Å². The number of fused-ring (bicyclic) bond motifs is 2. The molecule has 0 saturated carbocycles. The molecule has 0 bridgehead atoms. The van der Waals surface area contributed by atoms with Crippen molar-refractivity contribution in [1.82, 2.24) is 4.98 Å². The Labute approximate surface area is 130 Å². The van der Waals surface area contributed by atoms with Crippen LogP contribution in [0.3, 0.4) is 0 Å². The second-order valence-electron chi connectivity index (χ2n) is 4.20. The molecule has 0 spiro atoms. The monoisotopic (exact) mass is 322 g/mol. The zero-order chi connectivity index (χ0) is 16.1. The Morgan fingerprint density at radius 2 is 1.95 bits per heavy atom. The van der Waals surface area contributed by atoms with E-state index in [0.717, 1.165) is 22.9 Å². The summed E-state index contributed by atoms with van der Waals surface area (Å²) >= 11 is 1.39. The summed E-state index contributed by atoms with van der Waals surface area (Å²) in [5.41, 5.74) is 0.781. The Balaban J connectivity index is 0.000000396. The third-order valence-electron chi connectivity index (χ3n) is 2.47. The van der Waals surface area contributed by atoms with Gasteiger partial charge in [0.05, 0.1) is 10.2 Å². The lowest BCUT2D eigenvalue weighted by molar-refractivity contribution is -0.134. The Morgan fingerprint density at radius 1 is 1.36 bits per heavy atom. The van der Waals surface area contributed by atoms with E-state index in [1.807, 2.05) is 12.1 Å². The third kappa shape index (κ3) is 3.95. The molecule has 3 rings (SSSR count). The van der Waals surface area contributed by atoms with Crippen molar-refractivity contribution in [2.75, 3.05) is 18.5 Å². The van der Waals surface area contributed by atoms with Crippen molar-refractivity contribution >= 4 is 38.6 Å². The van der Waals surface area contributed by atoms with Crippen LogP contribution in [0.15, 0.2) is 24.8 Å². The maximum absolute atomic E-state index is 11.2. The van der Waals surface area contributed by atoms with Crippen LogP contribution in [0.5, 0.6) is 11.5 Å². The number of amides is 1. The molecule has 1 aliphatic heterocycles. The highest BCUT2D eigenvalue weighted by atomic mass is 32.1. The lowest BCUT2D eigenvalue weighted by atomic mass is 10.3. The predicted octanol–water partition coefficient (Wildman–Crippen LogP) is 2.28. The van der Waals surface area contributed by atoms with Gasteiger partial charge in [-0.25, -0.2) is 4.98 Å². The second-order valence-corrected chi connectivity index (χ2v) is 5.23. The summed E-state index contributed by atoms with van der Waals surface area (Å²) in [5, 5.41) is 10.6. The van der Waals surface area contributed by atoms with Crippen molar-refractivity contribution in [2.45, 2.75) is 6.92 Å². The van der Waals surface area contributed by atoms with Gasteiger partial charge in [-0.05, 0) is 6.08 Å². The van der Waals surface area contributed by atoms with Crippen LogP contribution in [-0.4, -0.2) is 35.2 Å². The Hall–Kier alpha value is -2.61. The first-order valence-electron chi connectivity index (χ1n) is 6.32. The van der Waals surface area contributed by atoms with Crippen LogP contribution in [-0.2, 0) is 9.59 Å². The highest BCUT2D eigenvalue weighted by molar-refractivity contribution is 7.22. The number of ether oxygens (including phenoxy) is 2. The van der Waals surface area contributed by atoms with Crippen molar-refractivity contribution in [2.24, 2.45) is 0 Å². The molecular weight excluding hydrogens is 308 g/mol. The van der Waals surface area contributed by atoms with Gasteiger partial charge >= 0.3 is 0 Å². The Bertz CT molecular complexity index is 678. The fourth-order valence-electron chi connectivity index (χ4n) is 1.67. The molecule has 2 N–H and O–H groups in total. The van der Waals surface area contributed by atoms with Gasteiger partial charge < -0.3 is 14.6 Å². The summed E-state index contributed by atoms with van der Waals surface area (Å²) in [5.74, 6) is 0.311. The van der Waals surface area contributed by atoms with Gasteiger partial charge in [-0.3, -0.25) is 14.9 Å². The molecule has 7 nitrogen and oxygen atoms in total. The molecule has 0 saturated heterocycles. The van der Waals surface area contributed by atoms with Crippen LogP contribution in [0.1, 0.15) is 6.92 Å². The van der Waals surface area contributed by atoms with E-state index in [-0.39, 0.29) is 5.91 Å². The van der Waals surface area contributed by atoms with Crippen molar-refractivity contribution in [3.63, 3.8) is 0 Å². The molecule has 2 aromatic rings. The number of carbonyl (C=O) groups excluding carboxylic acids is 1. The number of nitrogens with one attached hydrogen (secondary N) is 1. The van der Waals surface area contributed by atoms with E-state index in [4.69, 9.17) is 19.4 Å². The first-order chi connectivity index (χ1) is 10.5. The van der Waals surface area contributed by atoms with Crippen molar-refractivity contribution in [3.05, 3.63) is 24.8 Å². The highest BCUT2D eigenvalue weighted by Gasteiger charge is 2.15. The summed E-state index contributed by atoms with van der Waals surface area (Å²) in [6.07, 6.45) is 1.21. The molecule has 0 aliphatic carbocycles. The van der Waals surface area contributed by atoms with Gasteiger partial charge in [0.15, 0.2) is 16.6 Å². The first kappa shape index (κ1) is 15.8. The molecule has 116 valence electrons. The molecular formula is C14H14N2O5S. The Kier molecular flexibility index (Phi) is 4.95. The van der Waals surface area contributed by atoms with Gasteiger partial charge in [-0.15, -0.1) is 0 Å². The maximum Gasteiger partial charge on any atom is 0.300 e. The number of nitrogens with zero attached hydrogens (tertiary/aromatic N) is 1. The molecule has 1 aromatic carbocycles. The second kappa shape index (κ2) is 6.90. The number of rotatable bonds is 2. The van der Waals surface area contributed by atoms with Gasteiger partial charge in [-0.2, -0.15) is 0 Å². The predicted molar refractivity (Wildman–Crippen MR) is 82.7 cm³/mol. The number of thiazole rings is 1. The summed E-state index contributed by atoms with van der Waals surface area (Å²) in [4.78, 5) is 24.5. The van der Waals surface area contributed by atoms with E-state index < -0.39 is 5.97 Å². The van der Waals surface area contributed by atoms with Crippen LogP contribution >= 0.6 is 11.3 Å². The normalized spacial score (nSPS) is 12.0. The Morgan fingerprint density at radius 3 is 2.55 bits per heavy atom. The van der Waals surface area contributed by atoms with Crippen molar-refractivity contribution in [1.29, 1.82) is 0 Å². The minimum absolute atomic E-state index is 0.272. The van der Waals surface area contributed by atoms with Gasteiger partial charge in [0, 0.05) is 19.1 Å². The number of carboxylic acid groups (broad SMARTS) is 1. The number of benzene rings is 1. The van der Waals surface area contributed by atoms with Crippen LogP contribution in [0.2, 0.25) is 0 Å². The van der Waals surface area contributed by atoms with Crippen molar-refractivity contribution in [3.8, 4) is 11.5 Å². The van der Waals surface area contributed by atoms with Gasteiger partial charge in [0.25, 0.3) is 5.97 Å². The maximum atomic E-state index is 11.2. The number of hydrogen-bond donors (Lipinski definition) is 2. The molecule has 22 heavy (non-hydrogen) atoms. The van der Waals surface area contributed by atoms with E-state index in [1.54, 1.807) is 0 Å². The molecule has 0 atom stereocenters. The number of carboxylic acids is 1. The average molecular weight is 322 g/mol. The number of aliphatic carboxylic acids is 1. The molecule has 0 fully saturated rings. The lowest BCUT2D eigenvalue weighted by Crippen LogP contribution is -2.15. The number of hydrogen-bond acceptors (Lipinski definition) is 6. The lowest BCUT2D eigenvalue weighted by Gasteiger charge is -2.17.